The summed E-state index contributed by atoms with van der Waals surface area (Å²) in [5.41, 5.74) is 7.32. The van der Waals surface area contributed by atoms with Crippen molar-refractivity contribution in [3.05, 3.63) is 16.2 Å². The summed E-state index contributed by atoms with van der Waals surface area (Å²) in [6, 6.07) is 0. The Hall–Kier alpha value is -1.30. The molecule has 0 atom stereocenters. The van der Waals surface area contributed by atoms with Gasteiger partial charge in [0, 0.05) is 27.1 Å². The van der Waals surface area contributed by atoms with E-state index in [9.17, 15) is 4.79 Å². The van der Waals surface area contributed by atoms with Crippen molar-refractivity contribution in [3.63, 3.8) is 0 Å². The van der Waals surface area contributed by atoms with E-state index in [0.717, 1.165) is 10.0 Å². The Morgan fingerprint density at radius 2 is 2.24 bits per heavy atom. The van der Waals surface area contributed by atoms with Gasteiger partial charge < -0.3 is 16.0 Å². The number of anilines is 2. The van der Waals surface area contributed by atoms with Gasteiger partial charge in [0.1, 0.15) is 5.82 Å². The predicted molar refractivity (Wildman–Crippen MR) is 72.9 cm³/mol. The first-order valence-corrected chi connectivity index (χ1v) is 6.07. The number of rotatable bonds is 4. The molecule has 0 bridgehead atoms. The Morgan fingerprint density at radius 3 is 2.82 bits per heavy atom. The van der Waals surface area contributed by atoms with Gasteiger partial charge in [-0.3, -0.25) is 4.79 Å². The number of pyridine rings is 1. The van der Waals surface area contributed by atoms with Crippen LogP contribution < -0.4 is 11.1 Å². The highest BCUT2D eigenvalue weighted by atomic mass is 79.9. The minimum Gasteiger partial charge on any atom is -0.397 e. The molecule has 0 saturated heterocycles. The second-order valence-corrected chi connectivity index (χ2v) is 4.76. The quantitative estimate of drug-likeness (QED) is 0.886. The average Bonchev–Trinajstić information content (AvgIpc) is 2.28. The molecule has 0 saturated carbocycles. The molecule has 0 fully saturated rings. The highest BCUT2D eigenvalue weighted by Gasteiger charge is 2.08. The lowest BCUT2D eigenvalue weighted by Gasteiger charge is -2.12. The van der Waals surface area contributed by atoms with Crippen molar-refractivity contribution in [1.82, 2.24) is 9.88 Å². The van der Waals surface area contributed by atoms with E-state index >= 15 is 0 Å². The summed E-state index contributed by atoms with van der Waals surface area (Å²) in [6.07, 6.45) is 2.04. The van der Waals surface area contributed by atoms with Crippen LogP contribution in [0.3, 0.4) is 0 Å². The first kappa shape index (κ1) is 13.8. The Balaban J connectivity index is 2.59. The van der Waals surface area contributed by atoms with Crippen LogP contribution in [0.2, 0.25) is 0 Å². The fourth-order valence-electron chi connectivity index (χ4n) is 1.23. The maximum Gasteiger partial charge on any atom is 0.223 e. The van der Waals surface area contributed by atoms with Gasteiger partial charge in [-0.25, -0.2) is 4.98 Å². The summed E-state index contributed by atoms with van der Waals surface area (Å²) in [5.74, 6) is 0.795. The van der Waals surface area contributed by atoms with Crippen molar-refractivity contribution in [1.29, 1.82) is 0 Å². The van der Waals surface area contributed by atoms with Crippen molar-refractivity contribution in [3.8, 4) is 0 Å². The van der Waals surface area contributed by atoms with Crippen molar-refractivity contribution < 1.29 is 4.79 Å². The van der Waals surface area contributed by atoms with Gasteiger partial charge in [0.15, 0.2) is 0 Å². The molecule has 3 N–H and O–H groups in total. The van der Waals surface area contributed by atoms with Gasteiger partial charge in [-0.1, -0.05) is 0 Å². The molecule has 0 aliphatic carbocycles. The third-order valence-electron chi connectivity index (χ3n) is 2.43. The van der Waals surface area contributed by atoms with E-state index in [4.69, 9.17) is 5.73 Å². The molecule has 0 aromatic carbocycles. The van der Waals surface area contributed by atoms with Crippen molar-refractivity contribution in [2.75, 3.05) is 31.7 Å². The number of carbonyl (C=O) groups is 1. The van der Waals surface area contributed by atoms with Crippen LogP contribution in [-0.2, 0) is 4.79 Å². The third-order valence-corrected chi connectivity index (χ3v) is 3.40. The molecular formula is C11H17BrN4O. The summed E-state index contributed by atoms with van der Waals surface area (Å²) in [6.45, 7) is 2.46. The number of carbonyl (C=O) groups excluding carboxylic acids is 1. The van der Waals surface area contributed by atoms with Gasteiger partial charge in [-0.15, -0.1) is 0 Å². The number of amides is 1. The minimum atomic E-state index is 0.0841. The van der Waals surface area contributed by atoms with Crippen LogP contribution in [0.5, 0.6) is 0 Å². The van der Waals surface area contributed by atoms with Crippen LogP contribution in [0, 0.1) is 6.92 Å². The molecule has 17 heavy (non-hydrogen) atoms. The van der Waals surface area contributed by atoms with Gasteiger partial charge in [-0.05, 0) is 28.4 Å². The molecule has 5 nitrogen and oxygen atoms in total. The number of nitrogens with zero attached hydrogens (tertiary/aromatic N) is 2. The monoisotopic (exact) mass is 300 g/mol. The lowest BCUT2D eigenvalue weighted by Crippen LogP contribution is -2.24. The maximum absolute atomic E-state index is 11.4. The second kappa shape index (κ2) is 5.86. The summed E-state index contributed by atoms with van der Waals surface area (Å²) >= 11 is 3.43. The molecule has 0 unspecified atom stereocenters. The van der Waals surface area contributed by atoms with Crippen LogP contribution in [0.15, 0.2) is 10.7 Å². The SMILES string of the molecule is Cc1c(N)cnc(NCCC(=O)N(C)C)c1Br. The maximum atomic E-state index is 11.4. The summed E-state index contributed by atoms with van der Waals surface area (Å²) < 4.78 is 0.842. The molecule has 0 spiro atoms. The summed E-state index contributed by atoms with van der Waals surface area (Å²) in [4.78, 5) is 17.1. The van der Waals surface area contributed by atoms with Crippen LogP contribution in [0.1, 0.15) is 12.0 Å². The van der Waals surface area contributed by atoms with Gasteiger partial charge in [0.05, 0.1) is 16.4 Å². The molecule has 1 aromatic rings. The molecule has 1 heterocycles. The van der Waals surface area contributed by atoms with Gasteiger partial charge in [0.25, 0.3) is 0 Å². The number of hydrogen-bond donors (Lipinski definition) is 2. The van der Waals surface area contributed by atoms with E-state index in [1.807, 2.05) is 6.92 Å². The van der Waals surface area contributed by atoms with E-state index in [-0.39, 0.29) is 5.91 Å². The van der Waals surface area contributed by atoms with E-state index in [0.29, 0.717) is 24.5 Å². The average molecular weight is 301 g/mol. The van der Waals surface area contributed by atoms with Gasteiger partial charge in [0.2, 0.25) is 5.91 Å². The first-order valence-electron chi connectivity index (χ1n) is 5.28. The van der Waals surface area contributed by atoms with Crippen molar-refractivity contribution in [2.24, 2.45) is 0 Å². The van der Waals surface area contributed by atoms with Gasteiger partial charge >= 0.3 is 0 Å². The molecule has 0 aliphatic rings. The molecule has 6 heteroatoms. The largest absolute Gasteiger partial charge is 0.397 e. The topological polar surface area (TPSA) is 71.2 Å². The standard InChI is InChI=1S/C11H17BrN4O/c1-7-8(13)6-15-11(10(7)12)14-5-4-9(17)16(2)3/h6H,4-5,13H2,1-3H3,(H,14,15). The number of nitrogens with one attached hydrogen (secondary N) is 1. The summed E-state index contributed by atoms with van der Waals surface area (Å²) in [7, 11) is 3.48. The molecule has 1 aromatic heterocycles. The number of nitrogens with two attached hydrogens (primary N) is 1. The zero-order valence-corrected chi connectivity index (χ0v) is 11.8. The molecular weight excluding hydrogens is 284 g/mol. The normalized spacial score (nSPS) is 10.1. The van der Waals surface area contributed by atoms with Crippen molar-refractivity contribution in [2.45, 2.75) is 13.3 Å². The van der Waals surface area contributed by atoms with E-state index in [2.05, 4.69) is 26.2 Å². The molecule has 1 amide bonds. The van der Waals surface area contributed by atoms with Crippen LogP contribution in [0.4, 0.5) is 11.5 Å². The number of aromatic nitrogens is 1. The highest BCUT2D eigenvalue weighted by Crippen LogP contribution is 2.27. The first-order chi connectivity index (χ1) is 7.93. The van der Waals surface area contributed by atoms with Crippen molar-refractivity contribution >= 4 is 33.3 Å². The van der Waals surface area contributed by atoms with Crippen LogP contribution in [0.25, 0.3) is 0 Å². The second-order valence-electron chi connectivity index (χ2n) is 3.97. The van der Waals surface area contributed by atoms with Gasteiger partial charge in [-0.2, -0.15) is 0 Å². The molecule has 0 radical (unpaired) electrons. The Bertz CT molecular complexity index is 420. The lowest BCUT2D eigenvalue weighted by atomic mass is 10.2. The Kier molecular flexibility index (Phi) is 4.74. The number of hydrogen-bond acceptors (Lipinski definition) is 4. The lowest BCUT2D eigenvalue weighted by molar-refractivity contribution is -0.128. The van der Waals surface area contributed by atoms with E-state index in [1.165, 1.54) is 0 Å². The summed E-state index contributed by atoms with van der Waals surface area (Å²) in [5, 5.41) is 3.11. The van der Waals surface area contributed by atoms with E-state index in [1.54, 1.807) is 25.2 Å². The van der Waals surface area contributed by atoms with Crippen LogP contribution in [-0.4, -0.2) is 36.4 Å². The molecule has 94 valence electrons. The fraction of sp³-hybridized carbons (Fsp3) is 0.455. The minimum absolute atomic E-state index is 0.0841. The smallest absolute Gasteiger partial charge is 0.223 e. The molecule has 0 aliphatic heterocycles. The highest BCUT2D eigenvalue weighted by molar-refractivity contribution is 9.10. The fourth-order valence-corrected chi connectivity index (χ4v) is 1.70. The number of halogens is 1. The molecule has 1 rings (SSSR count). The van der Waals surface area contributed by atoms with E-state index < -0.39 is 0 Å². The Morgan fingerprint density at radius 1 is 1.59 bits per heavy atom. The zero-order valence-electron chi connectivity index (χ0n) is 10.2. The number of nitrogen functional groups attached to an aromatic ring is 1. The third kappa shape index (κ3) is 3.59. The Labute approximate surface area is 110 Å². The zero-order chi connectivity index (χ0) is 13.0. The van der Waals surface area contributed by atoms with Crippen LogP contribution >= 0.6 is 15.9 Å². The predicted octanol–water partition coefficient (Wildman–Crippen LogP) is 1.62.